The van der Waals surface area contributed by atoms with Crippen LogP contribution < -0.4 is 9.47 Å². The lowest BCUT2D eigenvalue weighted by molar-refractivity contribution is 0.0834. The largest absolute Gasteiger partial charge is 0.515 e. The smallest absolute Gasteiger partial charge is 0.133 e. The first kappa shape index (κ1) is 19.2. The van der Waals surface area contributed by atoms with E-state index in [9.17, 15) is 5.11 Å². The van der Waals surface area contributed by atoms with Crippen molar-refractivity contribution in [1.29, 1.82) is 0 Å². The summed E-state index contributed by atoms with van der Waals surface area (Å²) in [5.41, 5.74) is 4.96. The second-order valence-corrected chi connectivity index (χ2v) is 7.69. The summed E-state index contributed by atoms with van der Waals surface area (Å²) >= 11 is 0. The molecule has 0 saturated heterocycles. The van der Waals surface area contributed by atoms with E-state index in [0.29, 0.717) is 13.0 Å². The molecule has 1 aromatic rings. The molecule has 1 aromatic carbocycles. The highest BCUT2D eigenvalue weighted by atomic mass is 16.5. The topological polar surface area (TPSA) is 58.9 Å². The minimum absolute atomic E-state index is 0.0749. The maximum atomic E-state index is 10.0. The lowest BCUT2D eigenvalue weighted by Gasteiger charge is -2.34. The maximum Gasteiger partial charge on any atom is 0.133 e. The number of rotatable bonds is 4. The summed E-state index contributed by atoms with van der Waals surface area (Å²) < 4.78 is 12.2. The Morgan fingerprint density at radius 3 is 2.78 bits per heavy atom. The average molecular weight is 368 g/mol. The summed E-state index contributed by atoms with van der Waals surface area (Å²) in [5.74, 6) is 1.92. The van der Waals surface area contributed by atoms with E-state index in [1.165, 1.54) is 6.08 Å². The summed E-state index contributed by atoms with van der Waals surface area (Å²) in [6.07, 6.45) is 8.82. The van der Waals surface area contributed by atoms with Gasteiger partial charge in [0.15, 0.2) is 0 Å². The zero-order valence-corrected chi connectivity index (χ0v) is 16.5. The molecule has 144 valence electrons. The van der Waals surface area contributed by atoms with Gasteiger partial charge in [-0.05, 0) is 75.0 Å². The van der Waals surface area contributed by atoms with E-state index < -0.39 is 0 Å². The second kappa shape index (κ2) is 7.55. The number of benzene rings is 1. The van der Waals surface area contributed by atoms with Gasteiger partial charge in [-0.15, -0.1) is 0 Å². The van der Waals surface area contributed by atoms with E-state index in [4.69, 9.17) is 14.6 Å². The van der Waals surface area contributed by atoms with Gasteiger partial charge in [-0.2, -0.15) is 0 Å². The van der Waals surface area contributed by atoms with E-state index in [-0.39, 0.29) is 11.4 Å². The Bertz CT molecular complexity index is 853. The molecule has 2 aliphatic rings. The molecule has 2 heterocycles. The van der Waals surface area contributed by atoms with Gasteiger partial charge in [-0.3, -0.25) is 0 Å². The van der Waals surface area contributed by atoms with Crippen molar-refractivity contribution in [1.82, 2.24) is 0 Å². The Morgan fingerprint density at radius 2 is 2.07 bits per heavy atom. The second-order valence-electron chi connectivity index (χ2n) is 7.69. The third kappa shape index (κ3) is 4.05. The number of hydrogen-bond donors (Lipinski definition) is 2. The fraction of sp³-hybridized carbons (Fsp3) is 0.391. The lowest BCUT2D eigenvalue weighted by Crippen LogP contribution is -2.33. The average Bonchev–Trinajstić information content (AvgIpc) is 2.64. The van der Waals surface area contributed by atoms with Crippen LogP contribution in [0.1, 0.15) is 51.7 Å². The fourth-order valence-electron chi connectivity index (χ4n) is 3.51. The van der Waals surface area contributed by atoms with Crippen LogP contribution in [0.15, 0.2) is 53.0 Å². The van der Waals surface area contributed by atoms with E-state index in [1.807, 2.05) is 32.1 Å². The summed E-state index contributed by atoms with van der Waals surface area (Å²) in [5, 5.41) is 18.9. The van der Waals surface area contributed by atoms with Crippen molar-refractivity contribution in [3.05, 3.63) is 64.2 Å². The summed E-state index contributed by atoms with van der Waals surface area (Å²) in [4.78, 5) is 0. The van der Waals surface area contributed by atoms with E-state index >= 15 is 0 Å². The van der Waals surface area contributed by atoms with Crippen LogP contribution in [0.25, 0.3) is 6.08 Å². The molecule has 4 heteroatoms. The SMILES string of the molecule is CCC(/C=C(\C)C1=Cc2ccc3c(c2OC1)CCC(C)(C)O3)=C(O)/C=C/O. The number of ether oxygens (including phenoxy) is 2. The van der Waals surface area contributed by atoms with Crippen LogP contribution in [-0.4, -0.2) is 22.4 Å². The molecule has 0 amide bonds. The first-order chi connectivity index (χ1) is 12.8. The predicted octanol–water partition coefficient (Wildman–Crippen LogP) is 5.81. The standard InChI is InChI=1S/C23H28O4/c1-5-16(20(25)9-11-24)12-15(2)18-13-17-6-7-21-19(22(17)26-14-18)8-10-23(3,4)27-21/h6-7,9,11-13,24-25H,5,8,10,14H2,1-4H3/b11-9+,15-12+,20-16+. The van der Waals surface area contributed by atoms with E-state index in [1.54, 1.807) is 0 Å². The molecule has 0 radical (unpaired) electrons. The van der Waals surface area contributed by atoms with Gasteiger partial charge >= 0.3 is 0 Å². The monoisotopic (exact) mass is 368 g/mol. The molecule has 4 nitrogen and oxygen atoms in total. The maximum absolute atomic E-state index is 10.0. The molecule has 0 aliphatic carbocycles. The number of hydrogen-bond acceptors (Lipinski definition) is 4. The molecule has 2 aliphatic heterocycles. The van der Waals surface area contributed by atoms with Crippen LogP contribution >= 0.6 is 0 Å². The minimum atomic E-state index is -0.135. The highest BCUT2D eigenvalue weighted by molar-refractivity contribution is 5.70. The van der Waals surface area contributed by atoms with Crippen molar-refractivity contribution < 1.29 is 19.7 Å². The molecule has 0 spiro atoms. The molecule has 0 unspecified atom stereocenters. The predicted molar refractivity (Wildman–Crippen MR) is 108 cm³/mol. The van der Waals surface area contributed by atoms with Crippen LogP contribution in [0, 0.1) is 0 Å². The molecule has 0 saturated carbocycles. The Morgan fingerprint density at radius 1 is 1.30 bits per heavy atom. The van der Waals surface area contributed by atoms with E-state index in [2.05, 4.69) is 19.9 Å². The number of allylic oxidation sites excluding steroid dienone is 3. The van der Waals surface area contributed by atoms with Gasteiger partial charge in [-0.1, -0.05) is 13.0 Å². The molecular formula is C23H28O4. The van der Waals surface area contributed by atoms with Gasteiger partial charge in [0.2, 0.25) is 0 Å². The first-order valence-electron chi connectivity index (χ1n) is 9.44. The van der Waals surface area contributed by atoms with Crippen LogP contribution in [-0.2, 0) is 6.42 Å². The molecule has 0 bridgehead atoms. The van der Waals surface area contributed by atoms with Crippen LogP contribution in [0.3, 0.4) is 0 Å². The summed E-state index contributed by atoms with van der Waals surface area (Å²) in [7, 11) is 0. The minimum Gasteiger partial charge on any atom is -0.515 e. The molecule has 3 rings (SSSR count). The normalized spacial score (nSPS) is 19.4. The van der Waals surface area contributed by atoms with Gasteiger partial charge in [-0.25, -0.2) is 0 Å². The van der Waals surface area contributed by atoms with Crippen LogP contribution in [0.4, 0.5) is 0 Å². The van der Waals surface area contributed by atoms with Crippen molar-refractivity contribution in [2.75, 3.05) is 6.61 Å². The molecule has 2 N–H and O–H groups in total. The number of fused-ring (bicyclic) bond motifs is 3. The highest BCUT2D eigenvalue weighted by Gasteiger charge is 2.30. The van der Waals surface area contributed by atoms with Crippen LogP contribution in [0.2, 0.25) is 0 Å². The number of aliphatic hydroxyl groups excluding tert-OH is 2. The Hall–Kier alpha value is -2.62. The van der Waals surface area contributed by atoms with Gasteiger partial charge in [0.25, 0.3) is 0 Å². The van der Waals surface area contributed by atoms with Crippen molar-refractivity contribution in [2.45, 2.75) is 52.6 Å². The molecular weight excluding hydrogens is 340 g/mol. The van der Waals surface area contributed by atoms with Crippen molar-refractivity contribution in [3.8, 4) is 11.5 Å². The molecule has 0 aromatic heterocycles. The Kier molecular flexibility index (Phi) is 5.36. The van der Waals surface area contributed by atoms with Gasteiger partial charge in [0.1, 0.15) is 29.5 Å². The molecule has 0 atom stereocenters. The zero-order chi connectivity index (χ0) is 19.6. The van der Waals surface area contributed by atoms with Gasteiger partial charge < -0.3 is 19.7 Å². The first-order valence-corrected chi connectivity index (χ1v) is 9.44. The van der Waals surface area contributed by atoms with E-state index in [0.717, 1.165) is 58.4 Å². The summed E-state index contributed by atoms with van der Waals surface area (Å²) in [6, 6.07) is 4.08. The van der Waals surface area contributed by atoms with Crippen LogP contribution in [0.5, 0.6) is 11.5 Å². The number of aliphatic hydroxyl groups is 2. The quantitative estimate of drug-likeness (QED) is 0.520. The van der Waals surface area contributed by atoms with Crippen molar-refractivity contribution >= 4 is 6.08 Å². The molecule has 27 heavy (non-hydrogen) atoms. The fourth-order valence-corrected chi connectivity index (χ4v) is 3.51. The summed E-state index contributed by atoms with van der Waals surface area (Å²) in [6.45, 7) is 8.69. The third-order valence-corrected chi connectivity index (χ3v) is 5.15. The Balaban J connectivity index is 1.93. The molecule has 0 fully saturated rings. The van der Waals surface area contributed by atoms with Crippen molar-refractivity contribution in [2.24, 2.45) is 0 Å². The zero-order valence-electron chi connectivity index (χ0n) is 16.5. The highest BCUT2D eigenvalue weighted by Crippen LogP contribution is 2.43. The van der Waals surface area contributed by atoms with Gasteiger partial charge in [0.05, 0.1) is 6.26 Å². The third-order valence-electron chi connectivity index (χ3n) is 5.15. The lowest BCUT2D eigenvalue weighted by atomic mass is 9.91. The van der Waals surface area contributed by atoms with Gasteiger partial charge in [0, 0.05) is 17.2 Å². The van der Waals surface area contributed by atoms with Crippen molar-refractivity contribution in [3.63, 3.8) is 0 Å². The Labute approximate surface area is 161 Å².